The van der Waals surface area contributed by atoms with Crippen LogP contribution in [0.25, 0.3) is 0 Å². The fourth-order valence-electron chi connectivity index (χ4n) is 2.78. The third-order valence-corrected chi connectivity index (χ3v) is 4.13. The first-order valence-electron chi connectivity index (χ1n) is 8.94. The molecule has 1 amide bonds. The van der Waals surface area contributed by atoms with Crippen molar-refractivity contribution in [2.24, 2.45) is 0 Å². The summed E-state index contributed by atoms with van der Waals surface area (Å²) in [5.74, 6) is 0.498. The molecule has 0 aliphatic carbocycles. The molecule has 0 unspecified atom stereocenters. The second-order valence-corrected chi connectivity index (χ2v) is 6.12. The van der Waals surface area contributed by atoms with Gasteiger partial charge in [0.25, 0.3) is 5.56 Å². The predicted octanol–water partition coefficient (Wildman–Crippen LogP) is 1.89. The highest BCUT2D eigenvalue weighted by atomic mass is 16.3. The summed E-state index contributed by atoms with van der Waals surface area (Å²) < 4.78 is 6.57. The first-order valence-corrected chi connectivity index (χ1v) is 8.94. The van der Waals surface area contributed by atoms with Crippen molar-refractivity contribution in [3.05, 3.63) is 45.0 Å². The molecule has 8 nitrogen and oxygen atoms in total. The number of aryl methyl sites for hydroxylation is 1. The van der Waals surface area contributed by atoms with Crippen molar-refractivity contribution in [2.75, 3.05) is 17.2 Å². The van der Waals surface area contributed by atoms with E-state index in [-0.39, 0.29) is 23.8 Å². The molecule has 26 heavy (non-hydrogen) atoms. The molecule has 2 aromatic rings. The van der Waals surface area contributed by atoms with E-state index < -0.39 is 11.2 Å². The summed E-state index contributed by atoms with van der Waals surface area (Å²) >= 11 is 0. The van der Waals surface area contributed by atoms with Crippen molar-refractivity contribution in [1.29, 1.82) is 0 Å². The Balaban J connectivity index is 2.34. The minimum Gasteiger partial charge on any atom is -0.469 e. The van der Waals surface area contributed by atoms with Crippen LogP contribution in [0.4, 0.5) is 11.5 Å². The highest BCUT2D eigenvalue weighted by molar-refractivity contribution is 5.95. The number of amides is 1. The molecule has 2 aromatic heterocycles. The number of hydrogen-bond donors (Lipinski definition) is 2. The van der Waals surface area contributed by atoms with Gasteiger partial charge in [0.1, 0.15) is 11.6 Å². The molecule has 0 radical (unpaired) electrons. The number of nitrogens with one attached hydrogen (secondary N) is 1. The van der Waals surface area contributed by atoms with Gasteiger partial charge < -0.3 is 15.1 Å². The van der Waals surface area contributed by atoms with E-state index in [2.05, 4.69) is 4.98 Å². The van der Waals surface area contributed by atoms with Crippen LogP contribution in [0.3, 0.4) is 0 Å². The first-order chi connectivity index (χ1) is 12.5. The average molecular weight is 362 g/mol. The van der Waals surface area contributed by atoms with Crippen LogP contribution < -0.4 is 21.9 Å². The van der Waals surface area contributed by atoms with Gasteiger partial charge >= 0.3 is 5.69 Å². The minimum atomic E-state index is -0.639. The van der Waals surface area contributed by atoms with Crippen LogP contribution in [-0.4, -0.2) is 22.0 Å². The van der Waals surface area contributed by atoms with Crippen molar-refractivity contribution in [2.45, 2.75) is 52.5 Å². The van der Waals surface area contributed by atoms with Gasteiger partial charge in [-0.2, -0.15) is 0 Å². The lowest BCUT2D eigenvalue weighted by Gasteiger charge is -2.24. The van der Waals surface area contributed by atoms with Crippen molar-refractivity contribution in [1.82, 2.24) is 9.55 Å². The topological polar surface area (TPSA) is 114 Å². The molecule has 0 aliphatic heterocycles. The van der Waals surface area contributed by atoms with Gasteiger partial charge in [0.15, 0.2) is 5.69 Å². The van der Waals surface area contributed by atoms with Gasteiger partial charge in [-0.1, -0.05) is 20.3 Å². The average Bonchev–Trinajstić information content (AvgIpc) is 3.12. The zero-order valence-corrected chi connectivity index (χ0v) is 15.3. The minimum absolute atomic E-state index is 0.0343. The predicted molar refractivity (Wildman–Crippen MR) is 100 cm³/mol. The summed E-state index contributed by atoms with van der Waals surface area (Å²) in [4.78, 5) is 40.8. The van der Waals surface area contributed by atoms with Crippen molar-refractivity contribution in [3.63, 3.8) is 0 Å². The number of aromatic amines is 1. The normalized spacial score (nSPS) is 10.8. The van der Waals surface area contributed by atoms with E-state index in [0.29, 0.717) is 31.7 Å². The van der Waals surface area contributed by atoms with Crippen LogP contribution >= 0.6 is 0 Å². The molecule has 0 saturated carbocycles. The fraction of sp³-hybridized carbons (Fsp3) is 0.500. The highest BCUT2D eigenvalue weighted by Crippen LogP contribution is 2.19. The molecule has 2 rings (SSSR count). The van der Waals surface area contributed by atoms with Crippen molar-refractivity contribution in [3.8, 4) is 0 Å². The molecule has 3 N–H and O–H groups in total. The van der Waals surface area contributed by atoms with Crippen LogP contribution in [0.15, 0.2) is 32.4 Å². The SMILES string of the molecule is CCCCn1c(N)c(N(CCC)C(=O)CCc2ccco2)c(=O)[nH]c1=O. The molecular formula is C18H26N4O4. The number of nitrogens with zero attached hydrogens (tertiary/aromatic N) is 2. The maximum Gasteiger partial charge on any atom is 0.330 e. The highest BCUT2D eigenvalue weighted by Gasteiger charge is 2.23. The monoisotopic (exact) mass is 362 g/mol. The number of unbranched alkanes of at least 4 members (excludes halogenated alkanes) is 1. The number of furan rings is 1. The quantitative estimate of drug-likeness (QED) is 0.707. The molecule has 2 heterocycles. The van der Waals surface area contributed by atoms with E-state index in [1.54, 1.807) is 18.4 Å². The summed E-state index contributed by atoms with van der Waals surface area (Å²) in [6.45, 7) is 4.64. The van der Waals surface area contributed by atoms with Crippen LogP contribution in [-0.2, 0) is 17.8 Å². The van der Waals surface area contributed by atoms with Crippen molar-refractivity contribution < 1.29 is 9.21 Å². The number of carbonyl (C=O) groups excluding carboxylic acids is 1. The molecule has 0 fully saturated rings. The van der Waals surface area contributed by atoms with Gasteiger partial charge in [-0.05, 0) is 25.0 Å². The zero-order chi connectivity index (χ0) is 19.1. The zero-order valence-electron chi connectivity index (χ0n) is 15.3. The largest absolute Gasteiger partial charge is 0.469 e. The molecule has 142 valence electrons. The fourth-order valence-corrected chi connectivity index (χ4v) is 2.78. The van der Waals surface area contributed by atoms with Gasteiger partial charge in [-0.15, -0.1) is 0 Å². The smallest absolute Gasteiger partial charge is 0.330 e. The molecule has 0 bridgehead atoms. The number of H-pyrrole nitrogens is 1. The Bertz CT molecular complexity index is 836. The van der Waals surface area contributed by atoms with Gasteiger partial charge in [-0.25, -0.2) is 4.79 Å². The number of rotatable bonds is 9. The third kappa shape index (κ3) is 4.44. The number of aromatic nitrogens is 2. The lowest BCUT2D eigenvalue weighted by atomic mass is 10.2. The summed E-state index contributed by atoms with van der Waals surface area (Å²) in [5.41, 5.74) is 4.97. The Kier molecular flexibility index (Phi) is 6.82. The molecule has 0 spiro atoms. The molecule has 0 aromatic carbocycles. The van der Waals surface area contributed by atoms with E-state index in [9.17, 15) is 14.4 Å². The Morgan fingerprint density at radius 2 is 2.08 bits per heavy atom. The van der Waals surface area contributed by atoms with Crippen LogP contribution in [0.2, 0.25) is 0 Å². The molecule has 0 aliphatic rings. The summed E-state index contributed by atoms with van der Waals surface area (Å²) in [6, 6.07) is 3.56. The summed E-state index contributed by atoms with van der Waals surface area (Å²) in [5, 5.41) is 0. The molecule has 0 atom stereocenters. The molecule has 8 heteroatoms. The van der Waals surface area contributed by atoms with Crippen LogP contribution in [0.5, 0.6) is 0 Å². The standard InChI is InChI=1S/C18H26N4O4/c1-3-5-11-22-16(19)15(17(24)20-18(22)25)21(10-4-2)14(23)9-8-13-7-6-12-26-13/h6-7,12H,3-5,8-11,19H2,1-2H3,(H,20,24,25). The summed E-state index contributed by atoms with van der Waals surface area (Å²) in [6.07, 6.45) is 4.44. The molecular weight excluding hydrogens is 336 g/mol. The van der Waals surface area contributed by atoms with E-state index in [0.717, 1.165) is 12.8 Å². The second kappa shape index (κ2) is 9.07. The van der Waals surface area contributed by atoms with Crippen molar-refractivity contribution >= 4 is 17.4 Å². The number of nitrogen functional groups attached to an aromatic ring is 1. The summed E-state index contributed by atoms with van der Waals surface area (Å²) in [7, 11) is 0. The van der Waals surface area contributed by atoms with E-state index in [1.165, 1.54) is 9.47 Å². The lowest BCUT2D eigenvalue weighted by Crippen LogP contribution is -2.41. The Labute approximate surface area is 151 Å². The maximum atomic E-state index is 12.7. The van der Waals surface area contributed by atoms with Gasteiger partial charge in [0.05, 0.1) is 6.26 Å². The number of hydrogen-bond acceptors (Lipinski definition) is 5. The third-order valence-electron chi connectivity index (χ3n) is 4.13. The van der Waals surface area contributed by atoms with E-state index >= 15 is 0 Å². The number of nitrogens with two attached hydrogens (primary N) is 1. The Hall–Kier alpha value is -2.77. The number of carbonyl (C=O) groups is 1. The van der Waals surface area contributed by atoms with E-state index in [1.807, 2.05) is 13.8 Å². The van der Waals surface area contributed by atoms with Gasteiger partial charge in [-0.3, -0.25) is 19.1 Å². The molecule has 0 saturated heterocycles. The number of anilines is 2. The first kappa shape index (κ1) is 19.6. The van der Waals surface area contributed by atoms with E-state index in [4.69, 9.17) is 10.2 Å². The second-order valence-electron chi connectivity index (χ2n) is 6.12. The Morgan fingerprint density at radius 3 is 2.69 bits per heavy atom. The van der Waals surface area contributed by atoms with Gasteiger partial charge in [0.2, 0.25) is 5.91 Å². The lowest BCUT2D eigenvalue weighted by molar-refractivity contribution is -0.118. The van der Waals surface area contributed by atoms with Crippen LogP contribution in [0.1, 0.15) is 45.3 Å². The van der Waals surface area contributed by atoms with Gasteiger partial charge in [0, 0.05) is 25.9 Å². The Morgan fingerprint density at radius 1 is 1.31 bits per heavy atom. The van der Waals surface area contributed by atoms with Crippen LogP contribution in [0, 0.1) is 0 Å². The maximum absolute atomic E-state index is 12.7.